The molecule has 278 valence electrons. The van der Waals surface area contributed by atoms with E-state index in [0.717, 1.165) is 31.2 Å². The molecule has 0 aliphatic heterocycles. The van der Waals surface area contributed by atoms with Gasteiger partial charge in [0.15, 0.2) is 6.04 Å². The first-order chi connectivity index (χ1) is 24.3. The molecule has 3 unspecified atom stereocenters. The van der Waals surface area contributed by atoms with Gasteiger partial charge in [0.2, 0.25) is 23.6 Å². The standard InChI is InChI=1S/C37H51N5O9/c1-6-7-8-12-19-50-37(48)32(20-24(2)3)41-35(46)30(21-27-13-10-9-11-14-27)40-33(44)23-38-34(45)25(4)39-36(47)31(42-49)22-28-15-17-29(18-16-28)51-26(5)43/h9-11,13-18,24-25,30-32H,6-8,12,19-23H2,1-5H3,(H,38,45)(H,39,47)(H,40,44)(H,41,46)/t25-,30?,31?,32?/m1/s1. The van der Waals surface area contributed by atoms with E-state index < -0.39 is 66.3 Å². The summed E-state index contributed by atoms with van der Waals surface area (Å²) in [5.41, 5.74) is 1.33. The molecule has 2 rings (SSSR count). The molecule has 2 aromatic carbocycles. The molecule has 14 heteroatoms. The van der Waals surface area contributed by atoms with Crippen LogP contribution in [0, 0.1) is 10.8 Å². The number of nitrogens with zero attached hydrogens (tertiary/aromatic N) is 1. The highest BCUT2D eigenvalue weighted by atomic mass is 16.5. The van der Waals surface area contributed by atoms with Crippen molar-refractivity contribution < 1.29 is 38.2 Å². The third-order valence-corrected chi connectivity index (χ3v) is 7.70. The topological polar surface area (TPSA) is 198 Å². The Hall–Kier alpha value is -5.14. The van der Waals surface area contributed by atoms with Gasteiger partial charge in [0.25, 0.3) is 0 Å². The Balaban J connectivity index is 1.99. The molecule has 0 aliphatic rings. The molecule has 0 spiro atoms. The number of unbranched alkanes of at least 4 members (excludes halogenated alkanes) is 3. The quantitative estimate of drug-likeness (QED) is 0.0613. The van der Waals surface area contributed by atoms with E-state index in [9.17, 15) is 33.7 Å². The predicted octanol–water partition coefficient (Wildman–Crippen LogP) is 3.29. The van der Waals surface area contributed by atoms with Crippen molar-refractivity contribution in [2.75, 3.05) is 13.2 Å². The lowest BCUT2D eigenvalue weighted by Crippen LogP contribution is -2.55. The van der Waals surface area contributed by atoms with Crippen LogP contribution in [0.25, 0.3) is 0 Å². The molecule has 4 N–H and O–H groups in total. The van der Waals surface area contributed by atoms with Crippen LogP contribution >= 0.6 is 0 Å². The lowest BCUT2D eigenvalue weighted by Gasteiger charge is -2.24. The van der Waals surface area contributed by atoms with Gasteiger partial charge < -0.3 is 30.7 Å². The van der Waals surface area contributed by atoms with Crippen molar-refractivity contribution in [3.05, 3.63) is 70.6 Å². The number of carbonyl (C=O) groups is 6. The normalized spacial score (nSPS) is 13.1. The van der Waals surface area contributed by atoms with Crippen molar-refractivity contribution in [1.29, 1.82) is 0 Å². The van der Waals surface area contributed by atoms with Gasteiger partial charge in [0.05, 0.1) is 13.2 Å². The highest BCUT2D eigenvalue weighted by molar-refractivity contribution is 5.94. The zero-order valence-corrected chi connectivity index (χ0v) is 30.1. The van der Waals surface area contributed by atoms with Crippen LogP contribution in [0.4, 0.5) is 0 Å². The molecule has 2 aromatic rings. The van der Waals surface area contributed by atoms with Crippen molar-refractivity contribution in [3.63, 3.8) is 0 Å². The number of hydrogen-bond donors (Lipinski definition) is 4. The number of nitroso groups, excluding NO2 is 1. The summed E-state index contributed by atoms with van der Waals surface area (Å²) in [4.78, 5) is 87.5. The Morgan fingerprint density at radius 3 is 2.02 bits per heavy atom. The van der Waals surface area contributed by atoms with E-state index in [-0.39, 0.29) is 25.4 Å². The largest absolute Gasteiger partial charge is 0.464 e. The summed E-state index contributed by atoms with van der Waals surface area (Å²) in [7, 11) is 0. The highest BCUT2D eigenvalue weighted by Gasteiger charge is 2.29. The fourth-order valence-corrected chi connectivity index (χ4v) is 5.02. The van der Waals surface area contributed by atoms with Gasteiger partial charge in [0, 0.05) is 19.8 Å². The second-order valence-corrected chi connectivity index (χ2v) is 12.7. The molecule has 0 bridgehead atoms. The SMILES string of the molecule is CCCCCCOC(=O)C(CC(C)C)NC(=O)C(Cc1ccccc1)NC(=O)CNC(=O)[C@@H](C)NC(=O)C(Cc1ccc(OC(C)=O)cc1)N=O. The number of hydrogen-bond acceptors (Lipinski definition) is 10. The van der Waals surface area contributed by atoms with Gasteiger partial charge in [-0.15, -0.1) is 4.91 Å². The van der Waals surface area contributed by atoms with E-state index in [1.165, 1.54) is 26.0 Å². The van der Waals surface area contributed by atoms with Crippen LogP contribution in [-0.2, 0) is 46.3 Å². The van der Waals surface area contributed by atoms with Gasteiger partial charge in [-0.2, -0.15) is 0 Å². The summed E-state index contributed by atoms with van der Waals surface area (Å²) in [5.74, 6) is -3.42. The zero-order valence-electron chi connectivity index (χ0n) is 30.1. The molecule has 0 heterocycles. The Labute approximate surface area is 299 Å². The number of nitrogens with one attached hydrogen (secondary N) is 4. The molecular weight excluding hydrogens is 658 g/mol. The number of ether oxygens (including phenoxy) is 2. The molecule has 0 saturated heterocycles. The average Bonchev–Trinajstić information content (AvgIpc) is 3.09. The summed E-state index contributed by atoms with van der Waals surface area (Å²) < 4.78 is 10.4. The fraction of sp³-hybridized carbons (Fsp3) is 0.514. The lowest BCUT2D eigenvalue weighted by molar-refractivity contribution is -0.148. The number of rotatable bonds is 22. The van der Waals surface area contributed by atoms with Crippen LogP contribution < -0.4 is 26.0 Å². The predicted molar refractivity (Wildman–Crippen MR) is 190 cm³/mol. The molecular formula is C37H51N5O9. The zero-order chi connectivity index (χ0) is 37.8. The maximum atomic E-state index is 13.5. The molecule has 14 nitrogen and oxygen atoms in total. The first-order valence-electron chi connectivity index (χ1n) is 17.3. The van der Waals surface area contributed by atoms with Crippen LogP contribution in [0.3, 0.4) is 0 Å². The van der Waals surface area contributed by atoms with E-state index in [2.05, 4.69) is 33.4 Å². The monoisotopic (exact) mass is 709 g/mol. The van der Waals surface area contributed by atoms with Gasteiger partial charge in [-0.25, -0.2) is 4.79 Å². The van der Waals surface area contributed by atoms with Crippen molar-refractivity contribution in [3.8, 4) is 5.75 Å². The van der Waals surface area contributed by atoms with Crippen molar-refractivity contribution in [2.45, 2.75) is 104 Å². The average molecular weight is 710 g/mol. The number of carbonyl (C=O) groups excluding carboxylic acids is 6. The van der Waals surface area contributed by atoms with Crippen LogP contribution in [0.5, 0.6) is 5.75 Å². The summed E-state index contributed by atoms with van der Waals surface area (Å²) in [5, 5.41) is 13.1. The van der Waals surface area contributed by atoms with Crippen molar-refractivity contribution in [1.82, 2.24) is 21.3 Å². The molecule has 0 aromatic heterocycles. The van der Waals surface area contributed by atoms with Crippen LogP contribution in [0.1, 0.15) is 77.8 Å². The third-order valence-electron chi connectivity index (χ3n) is 7.70. The Morgan fingerprint density at radius 1 is 0.745 bits per heavy atom. The molecule has 0 radical (unpaired) electrons. The van der Waals surface area contributed by atoms with Crippen LogP contribution in [-0.4, -0.2) is 72.9 Å². The van der Waals surface area contributed by atoms with Crippen LogP contribution in [0.2, 0.25) is 0 Å². The van der Waals surface area contributed by atoms with Gasteiger partial charge >= 0.3 is 11.9 Å². The summed E-state index contributed by atoms with van der Waals surface area (Å²) in [6.07, 6.45) is 4.14. The second kappa shape index (κ2) is 22.6. The minimum absolute atomic E-state index is 0.0635. The maximum Gasteiger partial charge on any atom is 0.328 e. The minimum Gasteiger partial charge on any atom is -0.464 e. The molecule has 51 heavy (non-hydrogen) atoms. The van der Waals surface area contributed by atoms with E-state index >= 15 is 0 Å². The maximum absolute atomic E-state index is 13.5. The third kappa shape index (κ3) is 16.4. The smallest absolute Gasteiger partial charge is 0.328 e. The molecule has 0 fully saturated rings. The van der Waals surface area contributed by atoms with Crippen molar-refractivity contribution >= 4 is 35.6 Å². The Kier molecular flexibility index (Phi) is 18.6. The van der Waals surface area contributed by atoms with E-state index in [1.54, 1.807) is 36.4 Å². The Morgan fingerprint density at radius 2 is 1.41 bits per heavy atom. The number of amides is 4. The summed E-state index contributed by atoms with van der Waals surface area (Å²) >= 11 is 0. The van der Waals surface area contributed by atoms with Gasteiger partial charge in [-0.1, -0.05) is 87.7 Å². The summed E-state index contributed by atoms with van der Waals surface area (Å²) in [6.45, 7) is 8.31. The second-order valence-electron chi connectivity index (χ2n) is 12.7. The molecule has 4 amide bonds. The molecule has 0 saturated carbocycles. The fourth-order valence-electron chi connectivity index (χ4n) is 5.02. The summed E-state index contributed by atoms with van der Waals surface area (Å²) in [6, 6.07) is 10.7. The molecule has 0 aliphatic carbocycles. The van der Waals surface area contributed by atoms with Gasteiger partial charge in [-0.3, -0.25) is 24.0 Å². The number of esters is 2. The van der Waals surface area contributed by atoms with Gasteiger partial charge in [0.1, 0.15) is 23.9 Å². The van der Waals surface area contributed by atoms with E-state index in [1.807, 2.05) is 19.9 Å². The van der Waals surface area contributed by atoms with E-state index in [0.29, 0.717) is 17.7 Å². The minimum atomic E-state index is -1.35. The number of benzene rings is 2. The lowest BCUT2D eigenvalue weighted by atomic mass is 10.0. The Bertz CT molecular complexity index is 1450. The van der Waals surface area contributed by atoms with Crippen LogP contribution in [0.15, 0.2) is 59.8 Å². The van der Waals surface area contributed by atoms with E-state index in [4.69, 9.17) is 9.47 Å². The highest BCUT2D eigenvalue weighted by Crippen LogP contribution is 2.15. The first-order valence-corrected chi connectivity index (χ1v) is 17.3. The first kappa shape index (κ1) is 42.0. The van der Waals surface area contributed by atoms with Gasteiger partial charge in [-0.05, 0) is 48.9 Å². The molecule has 4 atom stereocenters. The van der Waals surface area contributed by atoms with Crippen molar-refractivity contribution in [2.24, 2.45) is 11.1 Å².